The van der Waals surface area contributed by atoms with E-state index in [1.54, 1.807) is 6.20 Å². The molecule has 1 aromatic carbocycles. The lowest BCUT2D eigenvalue weighted by Crippen LogP contribution is -2.13. The highest BCUT2D eigenvalue weighted by atomic mass is 16.5. The van der Waals surface area contributed by atoms with Gasteiger partial charge in [0.2, 0.25) is 0 Å². The number of aromatic nitrogens is 4. The number of carbonyl (C=O) groups is 1. The van der Waals surface area contributed by atoms with Crippen LogP contribution in [0.2, 0.25) is 0 Å². The lowest BCUT2D eigenvalue weighted by molar-refractivity contribution is 0.0987. The molecule has 0 spiro atoms. The van der Waals surface area contributed by atoms with E-state index >= 15 is 0 Å². The van der Waals surface area contributed by atoms with E-state index in [1.807, 2.05) is 74.7 Å². The second-order valence-electron chi connectivity index (χ2n) is 7.99. The molecule has 0 unspecified atom stereocenters. The predicted molar refractivity (Wildman–Crippen MR) is 106 cm³/mol. The van der Waals surface area contributed by atoms with Crippen LogP contribution >= 0.6 is 0 Å². The fourth-order valence-corrected chi connectivity index (χ4v) is 3.04. The number of carbonyl (C=O) groups excluding carboxylic acids is 1. The van der Waals surface area contributed by atoms with Gasteiger partial charge in [0.05, 0.1) is 6.20 Å². The lowest BCUT2D eigenvalue weighted by atomic mass is 9.96. The molecule has 0 bridgehead atoms. The second-order valence-corrected chi connectivity index (χ2v) is 7.99. The van der Waals surface area contributed by atoms with Gasteiger partial charge < -0.3 is 4.52 Å². The average molecular weight is 374 g/mol. The minimum absolute atomic E-state index is 0.0138. The molecular weight excluding hydrogens is 352 g/mol. The molecule has 0 aliphatic rings. The fourth-order valence-electron chi connectivity index (χ4n) is 3.04. The summed E-state index contributed by atoms with van der Waals surface area (Å²) in [6, 6.07) is 11.5. The van der Waals surface area contributed by atoms with E-state index in [2.05, 4.69) is 15.1 Å². The number of benzene rings is 1. The first-order valence-electron chi connectivity index (χ1n) is 9.22. The van der Waals surface area contributed by atoms with Gasteiger partial charge >= 0.3 is 0 Å². The summed E-state index contributed by atoms with van der Waals surface area (Å²) in [6.07, 6.45) is 3.76. The number of nitrogens with zero attached hydrogens (tertiary/aromatic N) is 4. The highest BCUT2D eigenvalue weighted by Crippen LogP contribution is 2.26. The summed E-state index contributed by atoms with van der Waals surface area (Å²) < 4.78 is 7.26. The topological polar surface area (TPSA) is 73.3 Å². The van der Waals surface area contributed by atoms with Crippen molar-refractivity contribution in [2.24, 2.45) is 0 Å². The Morgan fingerprint density at radius 2 is 2.00 bits per heavy atom. The molecule has 0 aliphatic carbocycles. The number of hydrogen-bond acceptors (Lipinski definition) is 5. The Kier molecular flexibility index (Phi) is 4.34. The summed E-state index contributed by atoms with van der Waals surface area (Å²) in [6.45, 7) is 8.11. The first-order chi connectivity index (χ1) is 13.3. The van der Waals surface area contributed by atoms with Crippen LogP contribution in [0.3, 0.4) is 0 Å². The zero-order valence-electron chi connectivity index (χ0n) is 16.4. The summed E-state index contributed by atoms with van der Waals surface area (Å²) >= 11 is 0. The molecule has 4 aromatic rings. The highest BCUT2D eigenvalue weighted by Gasteiger charge is 2.22. The maximum Gasteiger partial charge on any atom is 0.257 e. The van der Waals surface area contributed by atoms with Crippen molar-refractivity contribution in [1.29, 1.82) is 0 Å². The van der Waals surface area contributed by atoms with Gasteiger partial charge in [0.15, 0.2) is 11.6 Å². The van der Waals surface area contributed by atoms with E-state index in [0.717, 1.165) is 22.3 Å². The molecule has 3 aromatic heterocycles. The van der Waals surface area contributed by atoms with Crippen LogP contribution in [0.15, 0.2) is 53.3 Å². The van der Waals surface area contributed by atoms with Crippen LogP contribution in [-0.2, 0) is 11.8 Å². The van der Waals surface area contributed by atoms with Crippen molar-refractivity contribution in [3.63, 3.8) is 0 Å². The van der Waals surface area contributed by atoms with E-state index in [1.165, 1.54) is 0 Å². The average Bonchev–Trinajstić information content (AvgIpc) is 3.30. The Morgan fingerprint density at radius 1 is 1.18 bits per heavy atom. The summed E-state index contributed by atoms with van der Waals surface area (Å²) in [5.74, 6) is 1.14. The Balaban J connectivity index is 1.64. The number of pyridine rings is 1. The highest BCUT2D eigenvalue weighted by molar-refractivity contribution is 5.96. The SMILES string of the molecule is Cc1ccc(-c2nc(C(C)(C)C)no2)cc1CC(=O)c1cnc2ccccn12. The number of aryl methyl sites for hydroxylation is 1. The Hall–Kier alpha value is -3.28. The zero-order chi connectivity index (χ0) is 19.9. The summed E-state index contributed by atoms with van der Waals surface area (Å²) in [7, 11) is 0. The van der Waals surface area contributed by atoms with Crippen molar-refractivity contribution in [3.05, 3.63) is 71.4 Å². The zero-order valence-corrected chi connectivity index (χ0v) is 16.4. The largest absolute Gasteiger partial charge is 0.334 e. The minimum Gasteiger partial charge on any atom is -0.334 e. The van der Waals surface area contributed by atoms with Gasteiger partial charge in [-0.2, -0.15) is 4.98 Å². The molecule has 0 radical (unpaired) electrons. The smallest absolute Gasteiger partial charge is 0.257 e. The Morgan fingerprint density at radius 3 is 2.75 bits per heavy atom. The van der Waals surface area contributed by atoms with Crippen LogP contribution in [0.25, 0.3) is 17.1 Å². The third kappa shape index (κ3) is 3.33. The molecule has 3 heterocycles. The molecule has 0 fully saturated rings. The second kappa shape index (κ2) is 6.71. The number of Topliss-reactive ketones (excluding diaryl/α,β-unsaturated/α-hetero) is 1. The molecular formula is C22H22N4O2. The molecule has 0 N–H and O–H groups in total. The summed E-state index contributed by atoms with van der Waals surface area (Å²) in [5, 5.41) is 4.09. The van der Waals surface area contributed by atoms with Gasteiger partial charge in [-0.1, -0.05) is 38.1 Å². The van der Waals surface area contributed by atoms with Crippen LogP contribution in [0.1, 0.15) is 48.2 Å². The van der Waals surface area contributed by atoms with Crippen LogP contribution in [-0.4, -0.2) is 25.3 Å². The van der Waals surface area contributed by atoms with Gasteiger partial charge in [-0.3, -0.25) is 9.20 Å². The quantitative estimate of drug-likeness (QED) is 0.495. The van der Waals surface area contributed by atoms with Crippen molar-refractivity contribution in [2.45, 2.75) is 39.5 Å². The van der Waals surface area contributed by atoms with Crippen LogP contribution in [0, 0.1) is 6.92 Å². The van der Waals surface area contributed by atoms with Crippen molar-refractivity contribution in [3.8, 4) is 11.5 Å². The maximum atomic E-state index is 12.9. The van der Waals surface area contributed by atoms with Crippen molar-refractivity contribution in [2.75, 3.05) is 0 Å². The third-order valence-electron chi connectivity index (χ3n) is 4.75. The fraction of sp³-hybridized carbons (Fsp3) is 0.273. The lowest BCUT2D eigenvalue weighted by Gasteiger charge is -2.11. The third-order valence-corrected chi connectivity index (χ3v) is 4.75. The standard InChI is InChI=1S/C22H22N4O2/c1-14-8-9-15(20-24-21(25-28-20)22(2,3)4)11-16(14)12-18(27)17-13-23-19-7-5-6-10-26(17)19/h5-11,13H,12H2,1-4H3. The van der Waals surface area contributed by atoms with Gasteiger partial charge in [0, 0.05) is 23.6 Å². The molecule has 0 atom stereocenters. The molecule has 6 heteroatoms. The number of fused-ring (bicyclic) bond motifs is 1. The van der Waals surface area contributed by atoms with Gasteiger partial charge in [0.25, 0.3) is 5.89 Å². The van der Waals surface area contributed by atoms with Crippen molar-refractivity contribution in [1.82, 2.24) is 19.5 Å². The Bertz CT molecular complexity index is 1160. The van der Waals surface area contributed by atoms with E-state index < -0.39 is 0 Å². The van der Waals surface area contributed by atoms with E-state index in [9.17, 15) is 4.79 Å². The molecule has 0 aliphatic heterocycles. The number of ketones is 1. The molecule has 0 saturated heterocycles. The normalized spacial score (nSPS) is 11.9. The molecule has 0 saturated carbocycles. The maximum absolute atomic E-state index is 12.9. The van der Waals surface area contributed by atoms with E-state index in [0.29, 0.717) is 17.4 Å². The molecule has 28 heavy (non-hydrogen) atoms. The molecule has 6 nitrogen and oxygen atoms in total. The first kappa shape index (κ1) is 18.1. The first-order valence-corrected chi connectivity index (χ1v) is 9.22. The molecule has 0 amide bonds. The molecule has 4 rings (SSSR count). The van der Waals surface area contributed by atoms with Gasteiger partial charge in [-0.15, -0.1) is 0 Å². The summed E-state index contributed by atoms with van der Waals surface area (Å²) in [5.41, 5.74) is 3.94. The molecule has 142 valence electrons. The van der Waals surface area contributed by atoms with Gasteiger partial charge in [0.1, 0.15) is 11.3 Å². The summed E-state index contributed by atoms with van der Waals surface area (Å²) in [4.78, 5) is 21.7. The Labute approximate surface area is 163 Å². The van der Waals surface area contributed by atoms with E-state index in [4.69, 9.17) is 4.52 Å². The van der Waals surface area contributed by atoms with Crippen molar-refractivity contribution >= 4 is 11.4 Å². The van der Waals surface area contributed by atoms with Crippen LogP contribution in [0.4, 0.5) is 0 Å². The van der Waals surface area contributed by atoms with Crippen LogP contribution < -0.4 is 0 Å². The number of rotatable bonds is 4. The van der Waals surface area contributed by atoms with E-state index in [-0.39, 0.29) is 17.6 Å². The number of hydrogen-bond donors (Lipinski definition) is 0. The monoisotopic (exact) mass is 374 g/mol. The van der Waals surface area contributed by atoms with Gasteiger partial charge in [-0.05, 0) is 42.3 Å². The van der Waals surface area contributed by atoms with Gasteiger partial charge in [-0.25, -0.2) is 4.98 Å². The minimum atomic E-state index is -0.186. The van der Waals surface area contributed by atoms with Crippen LogP contribution in [0.5, 0.6) is 0 Å². The predicted octanol–water partition coefficient (Wildman–Crippen LogP) is 4.42. The number of imidazole rings is 1. The van der Waals surface area contributed by atoms with Crippen molar-refractivity contribution < 1.29 is 9.32 Å².